The Morgan fingerprint density at radius 1 is 0.812 bits per heavy atom. The standard InChI is InChI=1S/C25H24N2O5/c1-31-21-11-5-17(6-12-21)15-23(19-9-13-22(32-2)14-10-19)25(29)26-16-18-3-7-20(8-4-18)24(28)27-30/h3-15,30H,16H2,1-2H3,(H,26,29)(H,27,28). The minimum Gasteiger partial charge on any atom is -0.497 e. The van der Waals surface area contributed by atoms with Gasteiger partial charge in [0, 0.05) is 17.7 Å². The Hall–Kier alpha value is -4.10. The highest BCUT2D eigenvalue weighted by Gasteiger charge is 2.13. The van der Waals surface area contributed by atoms with Crippen molar-refractivity contribution in [2.45, 2.75) is 6.54 Å². The molecule has 2 amide bonds. The minimum absolute atomic E-state index is 0.247. The molecule has 0 aliphatic rings. The Morgan fingerprint density at radius 2 is 1.34 bits per heavy atom. The van der Waals surface area contributed by atoms with Gasteiger partial charge >= 0.3 is 0 Å². The zero-order valence-electron chi connectivity index (χ0n) is 17.8. The van der Waals surface area contributed by atoms with E-state index in [1.807, 2.05) is 42.5 Å². The van der Waals surface area contributed by atoms with E-state index in [2.05, 4.69) is 5.32 Å². The van der Waals surface area contributed by atoms with Gasteiger partial charge in [0.05, 0.1) is 14.2 Å². The number of methoxy groups -OCH3 is 2. The normalized spacial score (nSPS) is 10.9. The van der Waals surface area contributed by atoms with Crippen molar-refractivity contribution in [1.82, 2.24) is 10.8 Å². The Bertz CT molecular complexity index is 1090. The van der Waals surface area contributed by atoms with Gasteiger partial charge in [-0.25, -0.2) is 5.48 Å². The lowest BCUT2D eigenvalue weighted by molar-refractivity contribution is -0.115. The van der Waals surface area contributed by atoms with Crippen molar-refractivity contribution in [1.29, 1.82) is 0 Å². The summed E-state index contributed by atoms with van der Waals surface area (Å²) in [7, 11) is 3.19. The topological polar surface area (TPSA) is 96.9 Å². The van der Waals surface area contributed by atoms with Gasteiger partial charge in [0.2, 0.25) is 0 Å². The quantitative estimate of drug-likeness (QED) is 0.218. The van der Waals surface area contributed by atoms with Gasteiger partial charge in [-0.2, -0.15) is 0 Å². The maximum atomic E-state index is 13.1. The van der Waals surface area contributed by atoms with Crippen LogP contribution in [0.3, 0.4) is 0 Å². The molecule has 0 unspecified atom stereocenters. The summed E-state index contributed by atoms with van der Waals surface area (Å²) in [4.78, 5) is 24.5. The van der Waals surface area contributed by atoms with E-state index >= 15 is 0 Å². The second kappa shape index (κ2) is 10.8. The number of amides is 2. The van der Waals surface area contributed by atoms with Gasteiger partial charge < -0.3 is 14.8 Å². The van der Waals surface area contributed by atoms with E-state index in [0.717, 1.165) is 22.4 Å². The molecule has 0 saturated heterocycles. The molecule has 3 rings (SSSR count). The molecule has 3 aromatic rings. The van der Waals surface area contributed by atoms with E-state index in [9.17, 15) is 9.59 Å². The van der Waals surface area contributed by atoms with Crippen LogP contribution in [0, 0.1) is 0 Å². The molecular formula is C25H24N2O5. The summed E-state index contributed by atoms with van der Waals surface area (Å²) >= 11 is 0. The summed E-state index contributed by atoms with van der Waals surface area (Å²) in [6.45, 7) is 0.274. The second-order valence-corrected chi connectivity index (χ2v) is 6.88. The number of carbonyl (C=O) groups excluding carboxylic acids is 2. The molecule has 0 spiro atoms. The Kier molecular flexibility index (Phi) is 7.61. The molecule has 0 aliphatic carbocycles. The van der Waals surface area contributed by atoms with E-state index in [4.69, 9.17) is 14.7 Å². The van der Waals surface area contributed by atoms with Gasteiger partial charge in [0.15, 0.2) is 0 Å². The van der Waals surface area contributed by atoms with Gasteiger partial charge in [-0.3, -0.25) is 14.8 Å². The molecule has 0 aromatic heterocycles. The third-order valence-corrected chi connectivity index (χ3v) is 4.84. The molecule has 0 atom stereocenters. The van der Waals surface area contributed by atoms with Crippen LogP contribution < -0.4 is 20.3 Å². The highest BCUT2D eigenvalue weighted by atomic mass is 16.5. The smallest absolute Gasteiger partial charge is 0.274 e. The molecule has 32 heavy (non-hydrogen) atoms. The minimum atomic E-state index is -0.593. The van der Waals surface area contributed by atoms with Crippen LogP contribution in [0.15, 0.2) is 72.8 Å². The van der Waals surface area contributed by atoms with Crippen molar-refractivity contribution in [2.75, 3.05) is 14.2 Å². The van der Waals surface area contributed by atoms with Crippen molar-refractivity contribution in [3.8, 4) is 11.5 Å². The zero-order valence-corrected chi connectivity index (χ0v) is 17.8. The highest BCUT2D eigenvalue weighted by Crippen LogP contribution is 2.23. The second-order valence-electron chi connectivity index (χ2n) is 6.88. The van der Waals surface area contributed by atoms with Gasteiger partial charge in [0.25, 0.3) is 11.8 Å². The van der Waals surface area contributed by atoms with E-state index < -0.39 is 5.91 Å². The first kappa shape index (κ1) is 22.6. The van der Waals surface area contributed by atoms with Crippen molar-refractivity contribution < 1.29 is 24.3 Å². The van der Waals surface area contributed by atoms with Crippen LogP contribution in [-0.2, 0) is 11.3 Å². The molecule has 3 N–H and O–H groups in total. The van der Waals surface area contributed by atoms with Gasteiger partial charge in [-0.1, -0.05) is 36.4 Å². The van der Waals surface area contributed by atoms with Crippen LogP contribution in [-0.4, -0.2) is 31.2 Å². The highest BCUT2D eigenvalue weighted by molar-refractivity contribution is 6.24. The molecule has 0 radical (unpaired) electrons. The first-order chi connectivity index (χ1) is 15.5. The van der Waals surface area contributed by atoms with Crippen LogP contribution in [0.4, 0.5) is 0 Å². The largest absolute Gasteiger partial charge is 0.497 e. The van der Waals surface area contributed by atoms with Crippen LogP contribution in [0.25, 0.3) is 11.6 Å². The number of carbonyl (C=O) groups is 2. The number of hydroxylamine groups is 1. The van der Waals surface area contributed by atoms with Crippen LogP contribution in [0.2, 0.25) is 0 Å². The summed E-state index contributed by atoms with van der Waals surface area (Å²) in [5, 5.41) is 11.6. The summed E-state index contributed by atoms with van der Waals surface area (Å²) in [6, 6.07) is 21.3. The van der Waals surface area contributed by atoms with Gasteiger partial charge in [-0.15, -0.1) is 0 Å². The summed E-state index contributed by atoms with van der Waals surface area (Å²) in [6.07, 6.45) is 1.81. The number of ether oxygens (including phenoxy) is 2. The molecule has 0 bridgehead atoms. The first-order valence-electron chi connectivity index (χ1n) is 9.86. The molecule has 0 heterocycles. The predicted octanol–water partition coefficient (Wildman–Crippen LogP) is 3.68. The van der Waals surface area contributed by atoms with E-state index in [1.165, 1.54) is 0 Å². The maximum Gasteiger partial charge on any atom is 0.274 e. The first-order valence-corrected chi connectivity index (χ1v) is 9.86. The third-order valence-electron chi connectivity index (χ3n) is 4.84. The molecule has 0 aliphatic heterocycles. The average Bonchev–Trinajstić information content (AvgIpc) is 2.86. The van der Waals surface area contributed by atoms with E-state index in [-0.39, 0.29) is 12.5 Å². The molecule has 7 nitrogen and oxygen atoms in total. The van der Waals surface area contributed by atoms with Crippen molar-refractivity contribution in [3.63, 3.8) is 0 Å². The van der Waals surface area contributed by atoms with Crippen molar-refractivity contribution >= 4 is 23.5 Å². The summed E-state index contributed by atoms with van der Waals surface area (Å²) < 4.78 is 10.4. The van der Waals surface area contributed by atoms with E-state index in [0.29, 0.717) is 16.9 Å². The van der Waals surface area contributed by atoms with Gasteiger partial charge in [0.1, 0.15) is 11.5 Å². The lowest BCUT2D eigenvalue weighted by Crippen LogP contribution is -2.24. The van der Waals surface area contributed by atoms with Crippen LogP contribution >= 0.6 is 0 Å². The maximum absolute atomic E-state index is 13.1. The molecule has 3 aromatic carbocycles. The number of nitrogens with one attached hydrogen (secondary N) is 2. The lowest BCUT2D eigenvalue weighted by atomic mass is 10.0. The van der Waals surface area contributed by atoms with Crippen LogP contribution in [0.1, 0.15) is 27.0 Å². The molecule has 164 valence electrons. The van der Waals surface area contributed by atoms with Crippen molar-refractivity contribution in [2.24, 2.45) is 0 Å². The molecule has 0 saturated carbocycles. The van der Waals surface area contributed by atoms with E-state index in [1.54, 1.807) is 56.1 Å². The Labute approximate surface area is 186 Å². The predicted molar refractivity (Wildman–Crippen MR) is 121 cm³/mol. The average molecular weight is 432 g/mol. The fourth-order valence-corrected chi connectivity index (χ4v) is 3.03. The summed E-state index contributed by atoms with van der Waals surface area (Å²) in [5.74, 6) is 0.592. The van der Waals surface area contributed by atoms with Gasteiger partial charge in [-0.05, 0) is 59.2 Å². The van der Waals surface area contributed by atoms with Crippen molar-refractivity contribution in [3.05, 3.63) is 95.1 Å². The number of hydrogen-bond acceptors (Lipinski definition) is 5. The molecule has 0 fully saturated rings. The Morgan fingerprint density at radius 3 is 1.88 bits per heavy atom. The number of hydrogen-bond donors (Lipinski definition) is 3. The fraction of sp³-hybridized carbons (Fsp3) is 0.120. The molecular weight excluding hydrogens is 408 g/mol. The fourth-order valence-electron chi connectivity index (χ4n) is 3.03. The summed E-state index contributed by atoms with van der Waals surface area (Å²) in [5.41, 5.74) is 4.81. The zero-order chi connectivity index (χ0) is 22.9. The lowest BCUT2D eigenvalue weighted by Gasteiger charge is -2.11. The SMILES string of the molecule is COc1ccc(C=C(C(=O)NCc2ccc(C(=O)NO)cc2)c2ccc(OC)cc2)cc1. The third kappa shape index (κ3) is 5.74. The number of benzene rings is 3. The number of rotatable bonds is 8. The molecule has 7 heteroatoms. The monoisotopic (exact) mass is 432 g/mol. The Balaban J connectivity index is 1.82. The van der Waals surface area contributed by atoms with Crippen LogP contribution in [0.5, 0.6) is 11.5 Å².